The number of hydrogen-bond donors (Lipinski definition) is 3. The quantitative estimate of drug-likeness (QED) is 0.430. The summed E-state index contributed by atoms with van der Waals surface area (Å²) < 4.78 is 36.4. The number of halogens is 2. The van der Waals surface area contributed by atoms with E-state index < -0.39 is 16.4 Å². The van der Waals surface area contributed by atoms with E-state index in [4.69, 9.17) is 51.2 Å². The molecule has 1 aromatic carbocycles. The lowest BCUT2D eigenvalue weighted by molar-refractivity contribution is 0.0526. The molecule has 0 aliphatic carbocycles. The Bertz CT molecular complexity index is 552. The molecule has 0 saturated carbocycles. The van der Waals surface area contributed by atoms with E-state index in [0.29, 0.717) is 5.02 Å². The summed E-state index contributed by atoms with van der Waals surface area (Å²) in [6.07, 6.45) is 0. The number of carbonyl (C=O) groups is 1. The van der Waals surface area contributed by atoms with E-state index in [1.54, 1.807) is 6.92 Å². The molecule has 1 rings (SSSR count). The van der Waals surface area contributed by atoms with Crippen LogP contribution >= 0.6 is 23.2 Å². The second-order valence-corrected chi connectivity index (χ2v) is 4.73. The summed E-state index contributed by atoms with van der Waals surface area (Å²) in [5.74, 6) is -0.522. The summed E-state index contributed by atoms with van der Waals surface area (Å²) in [5.41, 5.74) is 5.99. The molecule has 108 valence electrons. The van der Waals surface area contributed by atoms with Crippen LogP contribution in [0.4, 0.5) is 5.69 Å². The predicted octanol–water partition coefficient (Wildman–Crippen LogP) is 2.10. The van der Waals surface area contributed by atoms with Gasteiger partial charge in [-0.05, 0) is 19.1 Å². The first-order valence-electron chi connectivity index (χ1n) is 4.67. The molecule has 0 atom stereocenters. The summed E-state index contributed by atoms with van der Waals surface area (Å²) in [7, 11) is -4.67. The maximum atomic E-state index is 11.3. The average Bonchev–Trinajstić information content (AvgIpc) is 2.21. The van der Waals surface area contributed by atoms with Gasteiger partial charge in [0.2, 0.25) is 0 Å². The molecule has 0 aliphatic rings. The molecule has 0 saturated heterocycles. The van der Waals surface area contributed by atoms with Crippen LogP contribution in [0.1, 0.15) is 17.3 Å². The first-order chi connectivity index (χ1) is 8.56. The molecule has 0 aliphatic heterocycles. The Morgan fingerprint density at radius 3 is 2.26 bits per heavy atom. The fraction of sp³-hybridized carbons (Fsp3) is 0.222. The lowest BCUT2D eigenvalue weighted by atomic mass is 10.2. The molecule has 0 aromatic heterocycles. The minimum atomic E-state index is -4.67. The van der Waals surface area contributed by atoms with Crippen molar-refractivity contribution in [2.75, 3.05) is 12.3 Å². The Morgan fingerprint density at radius 2 is 1.84 bits per heavy atom. The highest BCUT2D eigenvalue weighted by Gasteiger charge is 2.14. The van der Waals surface area contributed by atoms with E-state index >= 15 is 0 Å². The summed E-state index contributed by atoms with van der Waals surface area (Å²) in [4.78, 5) is 11.3. The first-order valence-corrected chi connectivity index (χ1v) is 6.83. The summed E-state index contributed by atoms with van der Waals surface area (Å²) in [6.45, 7) is 1.99. The van der Waals surface area contributed by atoms with Gasteiger partial charge in [-0.1, -0.05) is 23.2 Å². The van der Waals surface area contributed by atoms with E-state index in [-0.39, 0.29) is 22.9 Å². The van der Waals surface area contributed by atoms with Crippen LogP contribution in [0.25, 0.3) is 0 Å². The van der Waals surface area contributed by atoms with Gasteiger partial charge in [0.05, 0.1) is 22.9 Å². The smallest absolute Gasteiger partial charge is 0.394 e. The van der Waals surface area contributed by atoms with Gasteiger partial charge in [-0.15, -0.1) is 0 Å². The molecular weight excluding hydrogens is 321 g/mol. The second kappa shape index (κ2) is 7.51. The molecule has 0 unspecified atom stereocenters. The van der Waals surface area contributed by atoms with Crippen molar-refractivity contribution in [2.45, 2.75) is 6.92 Å². The molecule has 0 fully saturated rings. The summed E-state index contributed by atoms with van der Waals surface area (Å²) >= 11 is 11.5. The molecule has 0 spiro atoms. The monoisotopic (exact) mass is 331 g/mol. The number of carbonyl (C=O) groups excluding carboxylic acids is 1. The van der Waals surface area contributed by atoms with Gasteiger partial charge in [0.25, 0.3) is 0 Å². The predicted molar refractivity (Wildman–Crippen MR) is 71.0 cm³/mol. The number of nitrogen functional groups attached to an aromatic ring is 1. The van der Waals surface area contributed by atoms with Crippen molar-refractivity contribution in [2.24, 2.45) is 0 Å². The third kappa shape index (κ3) is 7.85. The number of nitrogens with two attached hydrogens (primary N) is 1. The highest BCUT2D eigenvalue weighted by atomic mass is 35.5. The molecule has 19 heavy (non-hydrogen) atoms. The van der Waals surface area contributed by atoms with Gasteiger partial charge >= 0.3 is 16.4 Å². The van der Waals surface area contributed by atoms with Crippen molar-refractivity contribution in [3.05, 3.63) is 27.7 Å². The van der Waals surface area contributed by atoms with E-state index in [9.17, 15) is 4.79 Å². The van der Waals surface area contributed by atoms with Gasteiger partial charge in [0.15, 0.2) is 0 Å². The lowest BCUT2D eigenvalue weighted by Gasteiger charge is -2.06. The van der Waals surface area contributed by atoms with Crippen molar-refractivity contribution in [3.8, 4) is 0 Å². The van der Waals surface area contributed by atoms with E-state index in [0.717, 1.165) is 0 Å². The van der Waals surface area contributed by atoms with Gasteiger partial charge in [0.1, 0.15) is 0 Å². The fourth-order valence-electron chi connectivity index (χ4n) is 0.968. The molecule has 10 heteroatoms. The fourth-order valence-corrected chi connectivity index (χ4v) is 1.38. The standard InChI is InChI=1S/C9H9Cl2NO2.H2O4S/c1-2-14-9(13)6-3-5(10)4-7(12)8(6)11;1-5(2,3)4/h3-4H,2,12H2,1H3;(H2,1,2,3,4). The van der Waals surface area contributed by atoms with E-state index in [1.165, 1.54) is 12.1 Å². The molecular formula is C9H11Cl2NO6S. The van der Waals surface area contributed by atoms with Crippen LogP contribution in [-0.2, 0) is 15.1 Å². The minimum absolute atomic E-state index is 0.174. The largest absolute Gasteiger partial charge is 0.462 e. The summed E-state index contributed by atoms with van der Waals surface area (Å²) in [5, 5.41) is 0.530. The zero-order valence-corrected chi connectivity index (χ0v) is 12.0. The number of hydrogen-bond acceptors (Lipinski definition) is 5. The number of benzene rings is 1. The average molecular weight is 332 g/mol. The van der Waals surface area contributed by atoms with Gasteiger partial charge in [0, 0.05) is 5.02 Å². The zero-order valence-electron chi connectivity index (χ0n) is 9.63. The van der Waals surface area contributed by atoms with Crippen molar-refractivity contribution >= 4 is 45.3 Å². The van der Waals surface area contributed by atoms with Crippen LogP contribution in [0.3, 0.4) is 0 Å². The SMILES string of the molecule is CCOC(=O)c1cc(Cl)cc(N)c1Cl.O=S(=O)(O)O. The highest BCUT2D eigenvalue weighted by molar-refractivity contribution is 7.79. The Hall–Kier alpha value is -1.06. The molecule has 1 aromatic rings. The molecule has 0 bridgehead atoms. The van der Waals surface area contributed by atoms with Crippen LogP contribution in [0.2, 0.25) is 10.0 Å². The van der Waals surface area contributed by atoms with Crippen molar-refractivity contribution < 1.29 is 27.1 Å². The molecule has 0 radical (unpaired) electrons. The van der Waals surface area contributed by atoms with Crippen LogP contribution in [0.15, 0.2) is 12.1 Å². The summed E-state index contributed by atoms with van der Waals surface area (Å²) in [6, 6.07) is 2.91. The topological polar surface area (TPSA) is 127 Å². The molecule has 0 heterocycles. The maximum absolute atomic E-state index is 11.3. The molecule has 7 nitrogen and oxygen atoms in total. The number of rotatable bonds is 2. The van der Waals surface area contributed by atoms with Gasteiger partial charge in [-0.25, -0.2) is 4.79 Å². The highest BCUT2D eigenvalue weighted by Crippen LogP contribution is 2.28. The Morgan fingerprint density at radius 1 is 1.37 bits per heavy atom. The lowest BCUT2D eigenvalue weighted by Crippen LogP contribution is -2.06. The normalized spacial score (nSPS) is 10.4. The Labute approximate surface area is 119 Å². The Kier molecular flexibility index (Phi) is 7.09. The zero-order chi connectivity index (χ0) is 15.2. The number of esters is 1. The second-order valence-electron chi connectivity index (χ2n) is 3.02. The van der Waals surface area contributed by atoms with Gasteiger partial charge < -0.3 is 10.5 Å². The van der Waals surface area contributed by atoms with Crippen molar-refractivity contribution in [1.82, 2.24) is 0 Å². The molecule has 0 amide bonds. The van der Waals surface area contributed by atoms with Crippen molar-refractivity contribution in [1.29, 1.82) is 0 Å². The van der Waals surface area contributed by atoms with Crippen LogP contribution in [-0.4, -0.2) is 30.1 Å². The van der Waals surface area contributed by atoms with Gasteiger partial charge in [-0.3, -0.25) is 9.11 Å². The van der Waals surface area contributed by atoms with Crippen molar-refractivity contribution in [3.63, 3.8) is 0 Å². The van der Waals surface area contributed by atoms with Crippen LogP contribution in [0.5, 0.6) is 0 Å². The molecule has 4 N–H and O–H groups in total. The minimum Gasteiger partial charge on any atom is -0.462 e. The third-order valence-electron chi connectivity index (χ3n) is 1.56. The third-order valence-corrected chi connectivity index (χ3v) is 2.20. The van der Waals surface area contributed by atoms with Crippen LogP contribution in [0, 0.1) is 0 Å². The number of anilines is 1. The van der Waals surface area contributed by atoms with E-state index in [1.807, 2.05) is 0 Å². The Balaban J connectivity index is 0.000000555. The van der Waals surface area contributed by atoms with Gasteiger partial charge in [-0.2, -0.15) is 8.42 Å². The van der Waals surface area contributed by atoms with Crippen LogP contribution < -0.4 is 5.73 Å². The van der Waals surface area contributed by atoms with E-state index in [2.05, 4.69) is 0 Å². The first kappa shape index (κ1) is 17.9. The number of ether oxygens (including phenoxy) is 1. The maximum Gasteiger partial charge on any atom is 0.394 e.